The van der Waals surface area contributed by atoms with Crippen molar-refractivity contribution in [2.24, 2.45) is 7.05 Å². The number of aryl methyl sites for hydroxylation is 1. The van der Waals surface area contributed by atoms with E-state index in [2.05, 4.69) is 26.9 Å². The van der Waals surface area contributed by atoms with Gasteiger partial charge < -0.3 is 9.88 Å². The number of aromatic amines is 1. The Balaban J connectivity index is 1.70. The number of H-pyrrole nitrogens is 1. The molecule has 1 fully saturated rings. The van der Waals surface area contributed by atoms with E-state index in [1.54, 1.807) is 17.9 Å². The van der Waals surface area contributed by atoms with Crippen LogP contribution in [0.15, 0.2) is 18.6 Å². The monoisotopic (exact) mass is 258 g/mol. The predicted molar refractivity (Wildman–Crippen MR) is 70.6 cm³/mol. The highest BCUT2D eigenvalue weighted by Gasteiger charge is 2.20. The fourth-order valence-electron chi connectivity index (χ4n) is 2.40. The van der Waals surface area contributed by atoms with Crippen LogP contribution in [-0.4, -0.2) is 25.7 Å². The van der Waals surface area contributed by atoms with E-state index in [4.69, 9.17) is 0 Å². The molecule has 1 amide bonds. The Labute approximate surface area is 111 Å². The SMILES string of the molecule is Cn1cncc1C(=O)Nc1cc([C@H]2C[CH]CC2)[nH]n1. The number of carbonyl (C=O) groups excluding carboxylic acids is 1. The van der Waals surface area contributed by atoms with Crippen molar-refractivity contribution >= 4 is 11.7 Å². The van der Waals surface area contributed by atoms with Gasteiger partial charge in [-0.1, -0.05) is 0 Å². The zero-order chi connectivity index (χ0) is 13.2. The second-order valence-corrected chi connectivity index (χ2v) is 4.85. The lowest BCUT2D eigenvalue weighted by Crippen LogP contribution is -2.15. The molecule has 19 heavy (non-hydrogen) atoms. The van der Waals surface area contributed by atoms with Crippen LogP contribution in [0.4, 0.5) is 5.82 Å². The molecule has 0 saturated heterocycles. The quantitative estimate of drug-likeness (QED) is 0.882. The van der Waals surface area contributed by atoms with Gasteiger partial charge in [-0.2, -0.15) is 5.10 Å². The summed E-state index contributed by atoms with van der Waals surface area (Å²) in [6, 6.07) is 1.91. The number of anilines is 1. The summed E-state index contributed by atoms with van der Waals surface area (Å²) in [5.74, 6) is 0.874. The molecule has 2 N–H and O–H groups in total. The van der Waals surface area contributed by atoms with Crippen LogP contribution in [0.2, 0.25) is 0 Å². The molecule has 1 aliphatic carbocycles. The van der Waals surface area contributed by atoms with Crippen molar-refractivity contribution in [1.82, 2.24) is 19.7 Å². The smallest absolute Gasteiger partial charge is 0.275 e. The van der Waals surface area contributed by atoms with Crippen molar-refractivity contribution < 1.29 is 4.79 Å². The maximum Gasteiger partial charge on any atom is 0.275 e. The maximum atomic E-state index is 12.0. The Morgan fingerprint density at radius 1 is 1.58 bits per heavy atom. The molecule has 99 valence electrons. The molecule has 1 saturated carbocycles. The fraction of sp³-hybridized carbons (Fsp3) is 0.385. The third kappa shape index (κ3) is 2.38. The van der Waals surface area contributed by atoms with Gasteiger partial charge in [-0.15, -0.1) is 0 Å². The molecule has 0 bridgehead atoms. The van der Waals surface area contributed by atoms with Crippen LogP contribution < -0.4 is 5.32 Å². The number of carbonyl (C=O) groups is 1. The third-order valence-corrected chi connectivity index (χ3v) is 3.50. The van der Waals surface area contributed by atoms with Crippen LogP contribution in [-0.2, 0) is 7.05 Å². The van der Waals surface area contributed by atoms with E-state index in [-0.39, 0.29) is 5.91 Å². The minimum absolute atomic E-state index is 0.198. The lowest BCUT2D eigenvalue weighted by molar-refractivity contribution is 0.101. The summed E-state index contributed by atoms with van der Waals surface area (Å²) < 4.78 is 1.68. The summed E-state index contributed by atoms with van der Waals surface area (Å²) in [5, 5.41) is 9.92. The highest BCUT2D eigenvalue weighted by Crippen LogP contribution is 2.33. The van der Waals surface area contributed by atoms with E-state index in [1.807, 2.05) is 6.07 Å². The van der Waals surface area contributed by atoms with Gasteiger partial charge in [-0.05, 0) is 25.7 Å². The Morgan fingerprint density at radius 2 is 2.47 bits per heavy atom. The highest BCUT2D eigenvalue weighted by atomic mass is 16.2. The van der Waals surface area contributed by atoms with E-state index >= 15 is 0 Å². The molecule has 2 heterocycles. The molecular formula is C13H16N5O. The van der Waals surface area contributed by atoms with Gasteiger partial charge in [-0.3, -0.25) is 9.89 Å². The molecule has 0 aliphatic heterocycles. The van der Waals surface area contributed by atoms with Crippen LogP contribution in [0.25, 0.3) is 0 Å². The van der Waals surface area contributed by atoms with Gasteiger partial charge in [-0.25, -0.2) is 4.98 Å². The standard InChI is InChI=1S/C13H16N5O/c1-18-8-14-7-11(18)13(19)15-12-6-10(16-17-12)9-4-2-3-5-9/h2,6-9H,3-5H2,1H3,(H2,15,16,17,19)/t9-/m0/s1. The molecule has 6 nitrogen and oxygen atoms in total. The number of amides is 1. The first-order chi connectivity index (χ1) is 9.24. The zero-order valence-corrected chi connectivity index (χ0v) is 10.8. The average molecular weight is 258 g/mol. The first-order valence-corrected chi connectivity index (χ1v) is 6.38. The van der Waals surface area contributed by atoms with Crippen molar-refractivity contribution in [3.05, 3.63) is 36.4 Å². The Hall–Kier alpha value is -2.11. The Bertz CT molecular complexity index is 579. The van der Waals surface area contributed by atoms with Crippen molar-refractivity contribution in [2.75, 3.05) is 5.32 Å². The van der Waals surface area contributed by atoms with E-state index in [0.29, 0.717) is 17.4 Å². The molecule has 6 heteroatoms. The number of nitrogens with one attached hydrogen (secondary N) is 2. The van der Waals surface area contributed by atoms with Crippen LogP contribution in [0.1, 0.15) is 41.4 Å². The molecule has 1 atom stereocenters. The van der Waals surface area contributed by atoms with Gasteiger partial charge in [0.25, 0.3) is 5.91 Å². The molecular weight excluding hydrogens is 242 g/mol. The number of hydrogen-bond acceptors (Lipinski definition) is 3. The van der Waals surface area contributed by atoms with Crippen molar-refractivity contribution in [2.45, 2.75) is 25.2 Å². The van der Waals surface area contributed by atoms with Crippen molar-refractivity contribution in [1.29, 1.82) is 0 Å². The number of rotatable bonds is 3. The minimum Gasteiger partial charge on any atom is -0.330 e. The third-order valence-electron chi connectivity index (χ3n) is 3.50. The molecule has 0 aromatic carbocycles. The first-order valence-electron chi connectivity index (χ1n) is 6.38. The first kappa shape index (κ1) is 12.0. The molecule has 3 rings (SSSR count). The van der Waals surface area contributed by atoms with E-state index in [0.717, 1.165) is 25.0 Å². The maximum absolute atomic E-state index is 12.0. The summed E-state index contributed by atoms with van der Waals surface area (Å²) in [6.07, 6.45) is 8.81. The summed E-state index contributed by atoms with van der Waals surface area (Å²) in [7, 11) is 1.78. The van der Waals surface area contributed by atoms with E-state index < -0.39 is 0 Å². The number of nitrogens with zero attached hydrogens (tertiary/aromatic N) is 3. The second kappa shape index (κ2) is 4.87. The normalized spacial score (nSPS) is 15.8. The van der Waals surface area contributed by atoms with Crippen LogP contribution in [0.5, 0.6) is 0 Å². The van der Waals surface area contributed by atoms with Gasteiger partial charge in [0.2, 0.25) is 0 Å². The van der Waals surface area contributed by atoms with Gasteiger partial charge in [0, 0.05) is 24.7 Å². The summed E-state index contributed by atoms with van der Waals surface area (Å²) in [6.45, 7) is 0. The average Bonchev–Trinajstić information content (AvgIpc) is 3.07. The Morgan fingerprint density at radius 3 is 3.16 bits per heavy atom. The van der Waals surface area contributed by atoms with Crippen molar-refractivity contribution in [3.63, 3.8) is 0 Å². The molecule has 2 aromatic heterocycles. The van der Waals surface area contributed by atoms with Crippen LogP contribution in [0.3, 0.4) is 0 Å². The second-order valence-electron chi connectivity index (χ2n) is 4.85. The van der Waals surface area contributed by atoms with E-state index in [9.17, 15) is 4.79 Å². The summed E-state index contributed by atoms with van der Waals surface area (Å²) >= 11 is 0. The van der Waals surface area contributed by atoms with E-state index in [1.165, 1.54) is 6.20 Å². The van der Waals surface area contributed by atoms with Crippen molar-refractivity contribution in [3.8, 4) is 0 Å². The largest absolute Gasteiger partial charge is 0.330 e. The van der Waals surface area contributed by atoms with Gasteiger partial charge >= 0.3 is 0 Å². The number of aromatic nitrogens is 4. The van der Waals surface area contributed by atoms with Crippen LogP contribution in [0, 0.1) is 6.42 Å². The predicted octanol–water partition coefficient (Wildman–Crippen LogP) is 1.87. The molecule has 1 aliphatic rings. The van der Waals surface area contributed by atoms with Gasteiger partial charge in [0.05, 0.1) is 12.5 Å². The topological polar surface area (TPSA) is 75.6 Å². The molecule has 1 radical (unpaired) electrons. The molecule has 2 aromatic rings. The zero-order valence-electron chi connectivity index (χ0n) is 10.8. The highest BCUT2D eigenvalue weighted by molar-refractivity contribution is 6.02. The van der Waals surface area contributed by atoms with Gasteiger partial charge in [0.1, 0.15) is 5.69 Å². The Kier molecular flexibility index (Phi) is 3.06. The summed E-state index contributed by atoms with van der Waals surface area (Å²) in [4.78, 5) is 15.9. The van der Waals surface area contributed by atoms with Gasteiger partial charge in [0.15, 0.2) is 5.82 Å². The molecule has 0 unspecified atom stereocenters. The minimum atomic E-state index is -0.198. The fourth-order valence-corrected chi connectivity index (χ4v) is 2.40. The lowest BCUT2D eigenvalue weighted by Gasteiger charge is -2.03. The lowest BCUT2D eigenvalue weighted by atomic mass is 10.0. The van der Waals surface area contributed by atoms with Crippen LogP contribution >= 0.6 is 0 Å². The number of hydrogen-bond donors (Lipinski definition) is 2. The summed E-state index contributed by atoms with van der Waals surface area (Å²) in [5.41, 5.74) is 1.60. The number of imidazole rings is 1. The molecule has 0 spiro atoms.